The van der Waals surface area contributed by atoms with E-state index in [1.165, 1.54) is 16.5 Å². The van der Waals surface area contributed by atoms with Crippen LogP contribution in [0.5, 0.6) is 5.75 Å². The largest absolute Gasteiger partial charge is 0.494 e. The van der Waals surface area contributed by atoms with Gasteiger partial charge in [-0.1, -0.05) is 0 Å². The van der Waals surface area contributed by atoms with E-state index in [2.05, 4.69) is 35.3 Å². The van der Waals surface area contributed by atoms with Crippen molar-refractivity contribution in [1.82, 2.24) is 9.88 Å². The van der Waals surface area contributed by atoms with Crippen LogP contribution < -0.4 is 10.1 Å². The molecule has 98 valence electrons. The second kappa shape index (κ2) is 5.91. The second-order valence-corrected chi connectivity index (χ2v) is 4.58. The van der Waals surface area contributed by atoms with Crippen LogP contribution in [-0.4, -0.2) is 24.8 Å². The van der Waals surface area contributed by atoms with Gasteiger partial charge in [0.25, 0.3) is 0 Å². The van der Waals surface area contributed by atoms with Crippen LogP contribution in [0.4, 0.5) is 0 Å². The van der Waals surface area contributed by atoms with E-state index in [9.17, 15) is 0 Å². The smallest absolute Gasteiger partial charge is 0.120 e. The zero-order chi connectivity index (χ0) is 13.0. The van der Waals surface area contributed by atoms with Gasteiger partial charge in [-0.15, -0.1) is 0 Å². The van der Waals surface area contributed by atoms with Crippen molar-refractivity contribution in [3.63, 3.8) is 0 Å². The van der Waals surface area contributed by atoms with Crippen LogP contribution in [0.2, 0.25) is 0 Å². The van der Waals surface area contributed by atoms with Crippen molar-refractivity contribution in [1.29, 1.82) is 0 Å². The third-order valence-corrected chi connectivity index (χ3v) is 3.23. The van der Waals surface area contributed by atoms with Crippen LogP contribution in [0.3, 0.4) is 0 Å². The number of aryl methyl sites for hydroxylation is 2. The number of hydrogen-bond acceptors (Lipinski definition) is 2. The minimum absolute atomic E-state index is 0.716. The number of aromatic nitrogens is 1. The summed E-state index contributed by atoms with van der Waals surface area (Å²) in [7, 11) is 4.10. The van der Waals surface area contributed by atoms with Gasteiger partial charge in [0.1, 0.15) is 5.75 Å². The maximum atomic E-state index is 5.58. The van der Waals surface area contributed by atoms with Gasteiger partial charge >= 0.3 is 0 Å². The Kier molecular flexibility index (Phi) is 4.26. The SMILES string of the molecule is CCOc1ccc2c(c1)c(CCCNC)cn2C. The number of fused-ring (bicyclic) bond motifs is 1. The Morgan fingerprint density at radius 3 is 2.89 bits per heavy atom. The highest BCUT2D eigenvalue weighted by molar-refractivity contribution is 5.85. The van der Waals surface area contributed by atoms with E-state index in [1.54, 1.807) is 0 Å². The maximum Gasteiger partial charge on any atom is 0.120 e. The fraction of sp³-hybridized carbons (Fsp3) is 0.467. The van der Waals surface area contributed by atoms with Crippen LogP contribution in [0.25, 0.3) is 10.9 Å². The highest BCUT2D eigenvalue weighted by Crippen LogP contribution is 2.26. The van der Waals surface area contributed by atoms with E-state index < -0.39 is 0 Å². The Bertz CT molecular complexity index is 516. The molecule has 0 aliphatic heterocycles. The summed E-state index contributed by atoms with van der Waals surface area (Å²) in [5, 5.41) is 4.51. The number of benzene rings is 1. The Hall–Kier alpha value is -1.48. The molecule has 18 heavy (non-hydrogen) atoms. The second-order valence-electron chi connectivity index (χ2n) is 4.58. The molecule has 0 atom stereocenters. The third kappa shape index (κ3) is 2.67. The van der Waals surface area contributed by atoms with Crippen molar-refractivity contribution in [2.75, 3.05) is 20.2 Å². The molecule has 3 heteroatoms. The molecule has 1 N–H and O–H groups in total. The summed E-state index contributed by atoms with van der Waals surface area (Å²) in [5.74, 6) is 0.964. The molecule has 0 spiro atoms. The number of hydrogen-bond donors (Lipinski definition) is 1. The van der Waals surface area contributed by atoms with Crippen molar-refractivity contribution in [3.05, 3.63) is 30.0 Å². The Labute approximate surface area is 109 Å². The first-order chi connectivity index (χ1) is 8.76. The molecule has 1 aromatic carbocycles. The van der Waals surface area contributed by atoms with Gasteiger partial charge in [-0.05, 0) is 57.1 Å². The van der Waals surface area contributed by atoms with Crippen LogP contribution in [-0.2, 0) is 13.5 Å². The molecule has 0 aliphatic carbocycles. The van der Waals surface area contributed by atoms with Gasteiger partial charge in [-0.3, -0.25) is 0 Å². The van der Waals surface area contributed by atoms with E-state index in [0.29, 0.717) is 6.61 Å². The quantitative estimate of drug-likeness (QED) is 0.793. The zero-order valence-electron chi connectivity index (χ0n) is 11.5. The lowest BCUT2D eigenvalue weighted by atomic mass is 10.1. The fourth-order valence-corrected chi connectivity index (χ4v) is 2.36. The Morgan fingerprint density at radius 2 is 2.17 bits per heavy atom. The Balaban J connectivity index is 2.30. The van der Waals surface area contributed by atoms with E-state index in [-0.39, 0.29) is 0 Å². The van der Waals surface area contributed by atoms with Gasteiger partial charge in [0.15, 0.2) is 0 Å². The molecule has 0 aliphatic rings. The molecule has 0 saturated carbocycles. The number of nitrogens with zero attached hydrogens (tertiary/aromatic N) is 1. The molecule has 0 fully saturated rings. The molecule has 2 rings (SSSR count). The summed E-state index contributed by atoms with van der Waals surface area (Å²) >= 11 is 0. The highest BCUT2D eigenvalue weighted by atomic mass is 16.5. The summed E-state index contributed by atoms with van der Waals surface area (Å²) in [6.07, 6.45) is 4.50. The summed E-state index contributed by atoms with van der Waals surface area (Å²) in [5.41, 5.74) is 2.68. The summed E-state index contributed by atoms with van der Waals surface area (Å²) in [6.45, 7) is 3.79. The van der Waals surface area contributed by atoms with E-state index >= 15 is 0 Å². The summed E-state index contributed by atoms with van der Waals surface area (Å²) in [6, 6.07) is 6.35. The monoisotopic (exact) mass is 246 g/mol. The molecule has 0 bridgehead atoms. The third-order valence-electron chi connectivity index (χ3n) is 3.23. The molecular formula is C15H22N2O. The van der Waals surface area contributed by atoms with Gasteiger partial charge in [0.2, 0.25) is 0 Å². The van der Waals surface area contributed by atoms with E-state index in [0.717, 1.165) is 25.1 Å². The van der Waals surface area contributed by atoms with Crippen molar-refractivity contribution in [3.8, 4) is 5.75 Å². The fourth-order valence-electron chi connectivity index (χ4n) is 2.36. The molecule has 0 amide bonds. The first-order valence-corrected chi connectivity index (χ1v) is 6.61. The first-order valence-electron chi connectivity index (χ1n) is 6.61. The number of nitrogens with one attached hydrogen (secondary N) is 1. The van der Waals surface area contributed by atoms with E-state index in [1.807, 2.05) is 20.0 Å². The topological polar surface area (TPSA) is 26.2 Å². The van der Waals surface area contributed by atoms with Crippen molar-refractivity contribution < 1.29 is 4.74 Å². The molecular weight excluding hydrogens is 224 g/mol. The van der Waals surface area contributed by atoms with Crippen molar-refractivity contribution in [2.45, 2.75) is 19.8 Å². The number of rotatable bonds is 6. The number of ether oxygens (including phenoxy) is 1. The molecule has 1 aromatic heterocycles. The van der Waals surface area contributed by atoms with Gasteiger partial charge < -0.3 is 14.6 Å². The van der Waals surface area contributed by atoms with Crippen molar-refractivity contribution >= 4 is 10.9 Å². The minimum Gasteiger partial charge on any atom is -0.494 e. The summed E-state index contributed by atoms with van der Waals surface area (Å²) < 4.78 is 7.78. The van der Waals surface area contributed by atoms with E-state index in [4.69, 9.17) is 4.74 Å². The van der Waals surface area contributed by atoms with Gasteiger partial charge in [0, 0.05) is 24.1 Å². The van der Waals surface area contributed by atoms with Gasteiger partial charge in [-0.25, -0.2) is 0 Å². The van der Waals surface area contributed by atoms with Gasteiger partial charge in [-0.2, -0.15) is 0 Å². The van der Waals surface area contributed by atoms with Crippen LogP contribution in [0, 0.1) is 0 Å². The van der Waals surface area contributed by atoms with Gasteiger partial charge in [0.05, 0.1) is 6.61 Å². The lowest BCUT2D eigenvalue weighted by molar-refractivity contribution is 0.340. The average Bonchev–Trinajstić information content (AvgIpc) is 2.67. The van der Waals surface area contributed by atoms with Crippen molar-refractivity contribution in [2.24, 2.45) is 7.05 Å². The predicted octanol–water partition coefficient (Wildman–Crippen LogP) is 2.73. The Morgan fingerprint density at radius 1 is 1.33 bits per heavy atom. The predicted molar refractivity (Wildman–Crippen MR) is 76.3 cm³/mol. The van der Waals surface area contributed by atoms with Crippen LogP contribution in [0.1, 0.15) is 18.9 Å². The lowest BCUT2D eigenvalue weighted by Gasteiger charge is -2.04. The lowest BCUT2D eigenvalue weighted by Crippen LogP contribution is -2.08. The standard InChI is InChI=1S/C15H22N2O/c1-4-18-13-7-8-15-14(10-13)12(11-17(15)3)6-5-9-16-2/h7-8,10-11,16H,4-6,9H2,1-3H3. The molecule has 0 unspecified atom stereocenters. The minimum atomic E-state index is 0.716. The molecule has 2 aromatic rings. The zero-order valence-corrected chi connectivity index (χ0v) is 11.5. The van der Waals surface area contributed by atoms with Crippen LogP contribution >= 0.6 is 0 Å². The normalized spacial score (nSPS) is 11.1. The molecule has 1 heterocycles. The average molecular weight is 246 g/mol. The highest BCUT2D eigenvalue weighted by Gasteiger charge is 2.07. The summed E-state index contributed by atoms with van der Waals surface area (Å²) in [4.78, 5) is 0. The molecule has 3 nitrogen and oxygen atoms in total. The molecule has 0 radical (unpaired) electrons. The van der Waals surface area contributed by atoms with Crippen LogP contribution in [0.15, 0.2) is 24.4 Å². The molecule has 0 saturated heterocycles. The first kappa shape index (κ1) is 13.0. The maximum absolute atomic E-state index is 5.58.